The van der Waals surface area contributed by atoms with Crippen molar-refractivity contribution in [3.05, 3.63) is 152 Å². The summed E-state index contributed by atoms with van der Waals surface area (Å²) in [6.07, 6.45) is -0.235. The van der Waals surface area contributed by atoms with Gasteiger partial charge in [-0.3, -0.25) is 4.98 Å². The van der Waals surface area contributed by atoms with Crippen LogP contribution in [0.1, 0.15) is 13.8 Å². The molecule has 25 heteroatoms. The maximum Gasteiger partial charge on any atom is 0.200 e. The molecule has 0 radical (unpaired) electrons. The number of hydrogen-bond acceptors (Lipinski definition) is 3. The minimum atomic E-state index is -7.22. The molecule has 5 aromatic rings. The van der Waals surface area contributed by atoms with Crippen LogP contribution in [0.5, 0.6) is 0 Å². The van der Waals surface area contributed by atoms with Crippen molar-refractivity contribution in [3.8, 4) is 12.1 Å². The third-order valence-electron chi connectivity index (χ3n) is 8.99. The number of rotatable bonds is 7. The van der Waals surface area contributed by atoms with Crippen LogP contribution in [0.15, 0.2) is 35.9 Å². The Labute approximate surface area is 326 Å². The minimum Gasteiger partial charge on any atom is -0.252 e. The van der Waals surface area contributed by atoms with E-state index >= 15 is 35.1 Å². The Bertz CT molecular complexity index is 2330. The van der Waals surface area contributed by atoms with Crippen LogP contribution in [0.25, 0.3) is 0 Å². The summed E-state index contributed by atoms with van der Waals surface area (Å²) in [4.78, 5) is 3.92. The van der Waals surface area contributed by atoms with Gasteiger partial charge in [-0.15, -0.1) is 21.9 Å². The van der Waals surface area contributed by atoms with Gasteiger partial charge in [0.15, 0.2) is 88.7 Å². The van der Waals surface area contributed by atoms with Gasteiger partial charge in [-0.25, -0.2) is 87.8 Å². The number of aromatic nitrogens is 2. The normalized spacial score (nSPS) is 11.3. The number of halogens is 20. The molecular weight excluding hydrogens is 879 g/mol. The molecule has 4 nitrogen and oxygen atoms in total. The molecule has 0 N–H and O–H groups in total. The lowest BCUT2D eigenvalue weighted by Crippen LogP contribution is -2.81. The molecule has 0 atom stereocenters. The SMILES string of the molecule is CC(C)C(C[n+]1ccncc1)=C(C#N)C#N.Fc1c(F)c(F)c([B-](c2c(F)c(F)c(F)c(F)c2F)(c2c(F)c(F)c(F)c(F)c2F)c2c(F)c(F)c(F)c(F)c2F)c(F)c1F. The highest BCUT2D eigenvalue weighted by molar-refractivity contribution is 7.20. The van der Waals surface area contributed by atoms with Crippen LogP contribution >= 0.6 is 0 Å². The Morgan fingerprint density at radius 2 is 0.656 bits per heavy atom. The standard InChI is InChI=1S/C24BF20.C12H13N4/c26-5-1(6(27)14(35)21(42)13(5)34)25(2-7(28)15(36)22(43)16(37)8(2)29,3-9(30)17(38)23(44)18(39)10(3)31)4-11(32)19(40)24(45)20(41)12(4)33;1-10(2)12(11(7-13)8-14)9-16-5-3-15-4-6-16/h;3-6,10H,9H2,1-2H3/q-1;+1. The molecular formula is C36H13BF20N4. The molecule has 61 heavy (non-hydrogen) atoms. The number of nitriles is 2. The Kier molecular flexibility index (Phi) is 13.5. The molecule has 0 aliphatic heterocycles. The Balaban J connectivity index is 0.000000430. The number of hydrogen-bond donors (Lipinski definition) is 0. The molecule has 0 saturated heterocycles. The van der Waals surface area contributed by atoms with Crippen molar-refractivity contribution < 1.29 is 92.4 Å². The van der Waals surface area contributed by atoms with E-state index in [1.165, 1.54) is 0 Å². The highest BCUT2D eigenvalue weighted by Gasteiger charge is 2.52. The molecule has 0 aliphatic carbocycles. The summed E-state index contributed by atoms with van der Waals surface area (Å²) in [7, 11) is 0. The summed E-state index contributed by atoms with van der Waals surface area (Å²) in [5, 5.41) is 17.7. The van der Waals surface area contributed by atoms with Gasteiger partial charge in [0, 0.05) is 5.57 Å². The van der Waals surface area contributed by atoms with Gasteiger partial charge in [0.2, 0.25) is 0 Å². The first-order valence-electron chi connectivity index (χ1n) is 15.9. The van der Waals surface area contributed by atoms with Crippen LogP contribution in [0.3, 0.4) is 0 Å². The summed E-state index contributed by atoms with van der Waals surface area (Å²) in [5.74, 6) is -71.2. The summed E-state index contributed by atoms with van der Waals surface area (Å²) >= 11 is 0. The Morgan fingerprint density at radius 3 is 0.852 bits per heavy atom. The first kappa shape index (κ1) is 47.0. The summed E-state index contributed by atoms with van der Waals surface area (Å²) in [6, 6.07) is 3.89. The van der Waals surface area contributed by atoms with E-state index < -0.39 is 144 Å². The predicted octanol–water partition coefficient (Wildman–Crippen LogP) is 7.21. The number of nitrogens with zero attached hydrogens (tertiary/aromatic N) is 4. The highest BCUT2D eigenvalue weighted by Crippen LogP contribution is 2.30. The first-order chi connectivity index (χ1) is 28.4. The van der Waals surface area contributed by atoms with Gasteiger partial charge >= 0.3 is 0 Å². The van der Waals surface area contributed by atoms with Crippen molar-refractivity contribution in [2.24, 2.45) is 5.92 Å². The lowest BCUT2D eigenvalue weighted by atomic mass is 9.12. The number of allylic oxidation sites excluding steroid dienone is 2. The topological polar surface area (TPSA) is 64.3 Å². The van der Waals surface area contributed by atoms with Crippen molar-refractivity contribution in [1.29, 1.82) is 10.5 Å². The molecule has 0 amide bonds. The highest BCUT2D eigenvalue weighted by atomic mass is 19.2. The van der Waals surface area contributed by atoms with E-state index in [0.29, 0.717) is 6.54 Å². The minimum absolute atomic E-state index is 0.176. The second-order valence-electron chi connectivity index (χ2n) is 12.5. The zero-order chi connectivity index (χ0) is 46.3. The second-order valence-corrected chi connectivity index (χ2v) is 12.5. The molecule has 0 unspecified atom stereocenters. The fraction of sp³-hybridized carbons (Fsp3) is 0.111. The smallest absolute Gasteiger partial charge is 0.200 e. The molecule has 0 bridgehead atoms. The van der Waals surface area contributed by atoms with Crippen LogP contribution in [-0.4, -0.2) is 11.1 Å². The molecule has 5 rings (SSSR count). The first-order valence-corrected chi connectivity index (χ1v) is 15.9. The molecule has 1 aromatic heterocycles. The third kappa shape index (κ3) is 7.46. The van der Waals surface area contributed by atoms with Gasteiger partial charge in [-0.2, -0.15) is 15.1 Å². The van der Waals surface area contributed by atoms with Gasteiger partial charge in [0.05, 0.1) is 12.4 Å². The van der Waals surface area contributed by atoms with Gasteiger partial charge in [0.1, 0.15) is 70.4 Å². The van der Waals surface area contributed by atoms with Gasteiger partial charge in [-0.05, 0) is 5.92 Å². The zero-order valence-corrected chi connectivity index (χ0v) is 29.5. The van der Waals surface area contributed by atoms with Crippen molar-refractivity contribution in [3.63, 3.8) is 0 Å². The Hall–Kier alpha value is -6.66. The van der Waals surface area contributed by atoms with Crippen LogP contribution in [0, 0.1) is 145 Å². The van der Waals surface area contributed by atoms with Gasteiger partial charge in [-0.1, -0.05) is 13.8 Å². The summed E-state index contributed by atoms with van der Waals surface area (Å²) in [6.45, 7) is 4.51. The predicted molar refractivity (Wildman–Crippen MR) is 167 cm³/mol. The fourth-order valence-corrected chi connectivity index (χ4v) is 6.24. The molecule has 0 fully saturated rings. The van der Waals surface area contributed by atoms with E-state index in [1.54, 1.807) is 12.4 Å². The summed E-state index contributed by atoms with van der Waals surface area (Å²) < 4.78 is 296. The maximum atomic E-state index is 15.4. The van der Waals surface area contributed by atoms with E-state index in [2.05, 4.69) is 4.98 Å². The largest absolute Gasteiger partial charge is 0.252 e. The monoisotopic (exact) mass is 892 g/mol. The molecule has 320 valence electrons. The van der Waals surface area contributed by atoms with Crippen molar-refractivity contribution in [1.82, 2.24) is 4.98 Å². The molecule has 0 spiro atoms. The van der Waals surface area contributed by atoms with Crippen LogP contribution < -0.4 is 26.4 Å². The molecule has 0 saturated carbocycles. The van der Waals surface area contributed by atoms with E-state index in [-0.39, 0.29) is 11.5 Å². The summed E-state index contributed by atoms with van der Waals surface area (Å²) in [5.41, 5.74) is -13.3. The van der Waals surface area contributed by atoms with Crippen molar-refractivity contribution in [2.75, 3.05) is 0 Å². The maximum absolute atomic E-state index is 15.4. The van der Waals surface area contributed by atoms with Crippen molar-refractivity contribution >= 4 is 28.0 Å². The zero-order valence-electron chi connectivity index (χ0n) is 29.5. The average Bonchev–Trinajstić information content (AvgIpc) is 3.24. The van der Waals surface area contributed by atoms with Crippen molar-refractivity contribution in [2.45, 2.75) is 20.4 Å². The quantitative estimate of drug-likeness (QED) is 0.0434. The second kappa shape index (κ2) is 17.5. The molecule has 1 heterocycles. The number of benzene rings is 4. The van der Waals surface area contributed by atoms with E-state index in [9.17, 15) is 52.7 Å². The van der Waals surface area contributed by atoms with E-state index in [0.717, 1.165) is 5.57 Å². The van der Waals surface area contributed by atoms with E-state index in [4.69, 9.17) is 10.5 Å². The Morgan fingerprint density at radius 1 is 0.443 bits per heavy atom. The average molecular weight is 892 g/mol. The third-order valence-corrected chi connectivity index (χ3v) is 8.99. The van der Waals surface area contributed by atoms with Crippen LogP contribution in [-0.2, 0) is 6.54 Å². The van der Waals surface area contributed by atoms with Gasteiger partial charge < -0.3 is 0 Å². The van der Waals surface area contributed by atoms with Gasteiger partial charge in [0.25, 0.3) is 0 Å². The lowest BCUT2D eigenvalue weighted by molar-refractivity contribution is -0.690. The van der Waals surface area contributed by atoms with Crippen LogP contribution in [0.4, 0.5) is 87.8 Å². The molecule has 4 aromatic carbocycles. The fourth-order valence-electron chi connectivity index (χ4n) is 6.24. The lowest BCUT2D eigenvalue weighted by Gasteiger charge is -2.44. The van der Waals surface area contributed by atoms with E-state index in [1.807, 2.05) is 42.9 Å². The molecule has 0 aliphatic rings. The van der Waals surface area contributed by atoms with Crippen LogP contribution in [0.2, 0.25) is 0 Å².